The van der Waals surface area contributed by atoms with Crippen LogP contribution in [0.15, 0.2) is 30.3 Å². The number of rotatable bonds is 8. The van der Waals surface area contributed by atoms with E-state index in [9.17, 15) is 14.4 Å². The molecule has 0 saturated carbocycles. The van der Waals surface area contributed by atoms with Gasteiger partial charge in [-0.15, -0.1) is 0 Å². The van der Waals surface area contributed by atoms with Crippen LogP contribution >= 0.6 is 0 Å². The van der Waals surface area contributed by atoms with Crippen LogP contribution in [0, 0.1) is 5.92 Å². The maximum absolute atomic E-state index is 12.9. The Morgan fingerprint density at radius 1 is 1.03 bits per heavy atom. The number of ether oxygens (including phenoxy) is 2. The highest BCUT2D eigenvalue weighted by atomic mass is 16.5. The summed E-state index contributed by atoms with van der Waals surface area (Å²) in [5.41, 5.74) is 1.06. The third-order valence-corrected chi connectivity index (χ3v) is 5.38. The molecule has 2 aliphatic rings. The first-order valence-electron chi connectivity index (χ1n) is 10.0. The van der Waals surface area contributed by atoms with Gasteiger partial charge in [-0.25, -0.2) is 0 Å². The molecule has 2 heterocycles. The molecule has 2 aliphatic heterocycles. The number of hydrogen-bond acceptors (Lipinski definition) is 5. The molecule has 0 spiro atoms. The Hall–Kier alpha value is -2.45. The van der Waals surface area contributed by atoms with Crippen molar-refractivity contribution in [2.45, 2.75) is 13.0 Å². The highest BCUT2D eigenvalue weighted by molar-refractivity contribution is 5.89. The second kappa shape index (κ2) is 10.4. The van der Waals surface area contributed by atoms with Crippen LogP contribution in [0.2, 0.25) is 0 Å². The van der Waals surface area contributed by atoms with Crippen molar-refractivity contribution in [1.82, 2.24) is 14.7 Å². The summed E-state index contributed by atoms with van der Waals surface area (Å²) >= 11 is 0. The predicted octanol–water partition coefficient (Wildman–Crippen LogP) is 0.369. The fourth-order valence-corrected chi connectivity index (χ4v) is 3.72. The topological polar surface area (TPSA) is 79.4 Å². The minimum absolute atomic E-state index is 0.0114. The maximum atomic E-state index is 12.9. The monoisotopic (exact) mass is 403 g/mol. The summed E-state index contributed by atoms with van der Waals surface area (Å²) in [5.74, 6) is -0.337. The molecule has 0 bridgehead atoms. The number of benzene rings is 1. The average Bonchev–Trinajstić information content (AvgIpc) is 3.11. The van der Waals surface area contributed by atoms with Crippen LogP contribution < -0.4 is 0 Å². The molecule has 0 aliphatic carbocycles. The van der Waals surface area contributed by atoms with E-state index in [2.05, 4.69) is 0 Å². The van der Waals surface area contributed by atoms with Crippen molar-refractivity contribution in [2.75, 3.05) is 59.7 Å². The van der Waals surface area contributed by atoms with Gasteiger partial charge in [0.15, 0.2) is 0 Å². The van der Waals surface area contributed by atoms with Crippen molar-refractivity contribution < 1.29 is 23.9 Å². The zero-order chi connectivity index (χ0) is 20.6. The third-order valence-electron chi connectivity index (χ3n) is 5.38. The fraction of sp³-hybridized carbons (Fsp3) is 0.571. The number of carbonyl (C=O) groups is 3. The zero-order valence-corrected chi connectivity index (χ0v) is 16.9. The van der Waals surface area contributed by atoms with E-state index in [0.717, 1.165) is 5.56 Å². The normalized spacial score (nSPS) is 19.7. The van der Waals surface area contributed by atoms with Gasteiger partial charge >= 0.3 is 0 Å². The summed E-state index contributed by atoms with van der Waals surface area (Å²) in [6.45, 7) is 3.83. The minimum Gasteiger partial charge on any atom is -0.382 e. The number of piperazine rings is 1. The SMILES string of the molecule is COCCOCC(=O)N1CCN(C(=O)C2CC(=O)N(Cc3ccccc3)C2)CC1. The standard InChI is InChI=1S/C21H29N3O5/c1-28-11-12-29-16-20(26)22-7-9-23(10-8-22)21(27)18-13-19(25)24(15-18)14-17-5-3-2-4-6-17/h2-6,18H,7-16H2,1H3. The Morgan fingerprint density at radius 3 is 2.41 bits per heavy atom. The van der Waals surface area contributed by atoms with E-state index in [-0.39, 0.29) is 36.7 Å². The first-order valence-corrected chi connectivity index (χ1v) is 10.0. The number of likely N-dealkylation sites (tertiary alicyclic amines) is 1. The molecule has 0 aromatic heterocycles. The molecular weight excluding hydrogens is 374 g/mol. The largest absolute Gasteiger partial charge is 0.382 e. The van der Waals surface area contributed by atoms with E-state index >= 15 is 0 Å². The third kappa shape index (κ3) is 5.77. The molecule has 0 radical (unpaired) electrons. The lowest BCUT2D eigenvalue weighted by Crippen LogP contribution is -2.52. The van der Waals surface area contributed by atoms with E-state index in [0.29, 0.717) is 52.5 Å². The smallest absolute Gasteiger partial charge is 0.248 e. The summed E-state index contributed by atoms with van der Waals surface area (Å²) in [5, 5.41) is 0. The van der Waals surface area contributed by atoms with Gasteiger partial charge in [-0.3, -0.25) is 14.4 Å². The summed E-state index contributed by atoms with van der Waals surface area (Å²) in [4.78, 5) is 42.6. The number of amides is 3. The molecule has 2 saturated heterocycles. The van der Waals surface area contributed by atoms with Gasteiger partial charge in [0, 0.05) is 52.8 Å². The quantitative estimate of drug-likeness (QED) is 0.586. The Balaban J connectivity index is 1.43. The molecule has 1 aromatic carbocycles. The van der Waals surface area contributed by atoms with Gasteiger partial charge in [0.05, 0.1) is 19.1 Å². The van der Waals surface area contributed by atoms with Crippen molar-refractivity contribution in [2.24, 2.45) is 5.92 Å². The molecule has 2 fully saturated rings. The minimum atomic E-state index is -0.300. The van der Waals surface area contributed by atoms with Gasteiger partial charge in [-0.05, 0) is 5.56 Å². The molecule has 1 atom stereocenters. The van der Waals surface area contributed by atoms with Crippen LogP contribution in [-0.4, -0.2) is 92.1 Å². The Morgan fingerprint density at radius 2 is 1.72 bits per heavy atom. The van der Waals surface area contributed by atoms with Crippen molar-refractivity contribution in [3.8, 4) is 0 Å². The first-order chi connectivity index (χ1) is 14.1. The molecule has 1 unspecified atom stereocenters. The second-order valence-electron chi connectivity index (χ2n) is 7.41. The van der Waals surface area contributed by atoms with Gasteiger partial charge < -0.3 is 24.2 Å². The first kappa shape index (κ1) is 21.3. The summed E-state index contributed by atoms with van der Waals surface area (Å²) in [6, 6.07) is 9.80. The highest BCUT2D eigenvalue weighted by Gasteiger charge is 2.37. The van der Waals surface area contributed by atoms with Gasteiger partial charge in [0.1, 0.15) is 6.61 Å². The molecule has 3 rings (SSSR count). The second-order valence-corrected chi connectivity index (χ2v) is 7.41. The number of carbonyl (C=O) groups excluding carboxylic acids is 3. The van der Waals surface area contributed by atoms with Crippen molar-refractivity contribution >= 4 is 17.7 Å². The lowest BCUT2D eigenvalue weighted by molar-refractivity contribution is -0.144. The van der Waals surface area contributed by atoms with Crippen LogP contribution in [0.4, 0.5) is 0 Å². The zero-order valence-electron chi connectivity index (χ0n) is 16.9. The van der Waals surface area contributed by atoms with Gasteiger partial charge in [0.2, 0.25) is 17.7 Å². The molecule has 29 heavy (non-hydrogen) atoms. The molecular formula is C21H29N3O5. The highest BCUT2D eigenvalue weighted by Crippen LogP contribution is 2.23. The Kier molecular flexibility index (Phi) is 7.60. The fourth-order valence-electron chi connectivity index (χ4n) is 3.72. The summed E-state index contributed by atoms with van der Waals surface area (Å²) in [6.07, 6.45) is 0.262. The van der Waals surface area contributed by atoms with Crippen molar-refractivity contribution in [3.63, 3.8) is 0 Å². The van der Waals surface area contributed by atoms with E-state index in [1.54, 1.807) is 21.8 Å². The van der Waals surface area contributed by atoms with Crippen LogP contribution in [-0.2, 0) is 30.4 Å². The Labute approximate surface area is 171 Å². The molecule has 0 N–H and O–H groups in total. The molecule has 8 heteroatoms. The van der Waals surface area contributed by atoms with E-state index in [4.69, 9.17) is 9.47 Å². The van der Waals surface area contributed by atoms with Crippen molar-refractivity contribution in [3.05, 3.63) is 35.9 Å². The average molecular weight is 403 g/mol. The van der Waals surface area contributed by atoms with Crippen molar-refractivity contribution in [1.29, 1.82) is 0 Å². The lowest BCUT2D eigenvalue weighted by atomic mass is 10.1. The van der Waals surface area contributed by atoms with E-state index in [1.165, 1.54) is 0 Å². The molecule has 3 amide bonds. The lowest BCUT2D eigenvalue weighted by Gasteiger charge is -2.35. The summed E-state index contributed by atoms with van der Waals surface area (Å²) < 4.78 is 10.2. The Bertz CT molecular complexity index is 704. The van der Waals surface area contributed by atoms with E-state index < -0.39 is 0 Å². The molecule has 1 aromatic rings. The van der Waals surface area contributed by atoms with Crippen LogP contribution in [0.3, 0.4) is 0 Å². The summed E-state index contributed by atoms with van der Waals surface area (Å²) in [7, 11) is 1.58. The van der Waals surface area contributed by atoms with Crippen LogP contribution in [0.25, 0.3) is 0 Å². The number of hydrogen-bond donors (Lipinski definition) is 0. The number of nitrogens with zero attached hydrogens (tertiary/aromatic N) is 3. The van der Waals surface area contributed by atoms with Crippen LogP contribution in [0.5, 0.6) is 0 Å². The van der Waals surface area contributed by atoms with Gasteiger partial charge in [-0.1, -0.05) is 30.3 Å². The maximum Gasteiger partial charge on any atom is 0.248 e. The van der Waals surface area contributed by atoms with Gasteiger partial charge in [-0.2, -0.15) is 0 Å². The van der Waals surface area contributed by atoms with E-state index in [1.807, 2.05) is 30.3 Å². The molecule has 158 valence electrons. The van der Waals surface area contributed by atoms with Gasteiger partial charge in [0.25, 0.3) is 0 Å². The number of methoxy groups -OCH3 is 1. The predicted molar refractivity (Wildman–Crippen MR) is 106 cm³/mol. The molecule has 8 nitrogen and oxygen atoms in total. The van der Waals surface area contributed by atoms with Crippen LogP contribution in [0.1, 0.15) is 12.0 Å².